The van der Waals surface area contributed by atoms with Gasteiger partial charge in [0.1, 0.15) is 0 Å². The van der Waals surface area contributed by atoms with Crippen molar-refractivity contribution in [3.63, 3.8) is 0 Å². The first-order chi connectivity index (χ1) is 9.75. The Hall–Kier alpha value is -1.35. The molecule has 110 valence electrons. The van der Waals surface area contributed by atoms with Gasteiger partial charge in [0.25, 0.3) is 0 Å². The molecule has 3 nitrogen and oxygen atoms in total. The van der Waals surface area contributed by atoms with Crippen LogP contribution < -0.4 is 11.1 Å². The molecule has 0 spiro atoms. The summed E-state index contributed by atoms with van der Waals surface area (Å²) >= 11 is 0. The predicted octanol–water partition coefficient (Wildman–Crippen LogP) is 2.64. The second-order valence-electron chi connectivity index (χ2n) is 5.88. The minimum absolute atomic E-state index is 0.0275. The Morgan fingerprint density at radius 2 is 1.95 bits per heavy atom. The van der Waals surface area contributed by atoms with Crippen LogP contribution in [-0.4, -0.2) is 18.5 Å². The second-order valence-corrected chi connectivity index (χ2v) is 5.88. The van der Waals surface area contributed by atoms with Gasteiger partial charge in [-0.25, -0.2) is 0 Å². The summed E-state index contributed by atoms with van der Waals surface area (Å²) in [6.45, 7) is 0.762. The number of hydrogen-bond donors (Lipinski definition) is 2. The molecule has 0 aliphatic heterocycles. The van der Waals surface area contributed by atoms with E-state index in [1.54, 1.807) is 0 Å². The fourth-order valence-corrected chi connectivity index (χ4v) is 2.99. The van der Waals surface area contributed by atoms with Crippen LogP contribution in [-0.2, 0) is 11.2 Å². The first-order valence-electron chi connectivity index (χ1n) is 7.83. The number of hydrogen-bond acceptors (Lipinski definition) is 2. The van der Waals surface area contributed by atoms with Gasteiger partial charge in [-0.05, 0) is 30.7 Å². The number of carbonyl (C=O) groups excluding carboxylic acids is 1. The molecule has 1 unspecified atom stereocenters. The van der Waals surface area contributed by atoms with Crippen LogP contribution in [0, 0.1) is 5.92 Å². The Labute approximate surface area is 121 Å². The van der Waals surface area contributed by atoms with Gasteiger partial charge in [0.15, 0.2) is 0 Å². The summed E-state index contributed by atoms with van der Waals surface area (Å²) in [7, 11) is 0. The Kier molecular flexibility index (Phi) is 6.06. The van der Waals surface area contributed by atoms with E-state index in [4.69, 9.17) is 5.73 Å². The predicted molar refractivity (Wildman–Crippen MR) is 82.3 cm³/mol. The molecule has 20 heavy (non-hydrogen) atoms. The van der Waals surface area contributed by atoms with E-state index < -0.39 is 6.04 Å². The van der Waals surface area contributed by atoms with Crippen molar-refractivity contribution in [3.8, 4) is 0 Å². The summed E-state index contributed by atoms with van der Waals surface area (Å²) in [6, 6.07) is 9.49. The molecular weight excluding hydrogens is 248 g/mol. The van der Waals surface area contributed by atoms with Gasteiger partial charge in [-0.3, -0.25) is 4.79 Å². The lowest BCUT2D eigenvalue weighted by Gasteiger charge is -2.13. The van der Waals surface area contributed by atoms with E-state index in [0.717, 1.165) is 24.4 Å². The standard InChI is InChI=1S/C17H26N2O/c18-16(13-15-9-2-1-3-10-15)17(20)19-12-6-11-14-7-4-5-8-14/h1-3,9-10,14,16H,4-8,11-13,18H2,(H,19,20). The average molecular weight is 274 g/mol. The SMILES string of the molecule is NC(Cc1ccccc1)C(=O)NCCCC1CCCC1. The molecule has 1 aromatic rings. The van der Waals surface area contributed by atoms with Crippen molar-refractivity contribution < 1.29 is 4.79 Å². The molecule has 2 rings (SSSR count). The molecule has 1 aliphatic rings. The maximum Gasteiger partial charge on any atom is 0.237 e. The molecule has 1 saturated carbocycles. The molecule has 1 fully saturated rings. The van der Waals surface area contributed by atoms with E-state index >= 15 is 0 Å². The van der Waals surface area contributed by atoms with Crippen LogP contribution in [0.5, 0.6) is 0 Å². The number of nitrogens with one attached hydrogen (secondary N) is 1. The van der Waals surface area contributed by atoms with Crippen LogP contribution in [0.15, 0.2) is 30.3 Å². The topological polar surface area (TPSA) is 55.1 Å². The maximum atomic E-state index is 11.9. The third kappa shape index (κ3) is 4.97. The highest BCUT2D eigenvalue weighted by Crippen LogP contribution is 2.28. The minimum atomic E-state index is -0.441. The number of benzene rings is 1. The Morgan fingerprint density at radius 1 is 1.25 bits per heavy atom. The van der Waals surface area contributed by atoms with Crippen LogP contribution in [0.25, 0.3) is 0 Å². The lowest BCUT2D eigenvalue weighted by molar-refractivity contribution is -0.122. The average Bonchev–Trinajstić information content (AvgIpc) is 2.97. The van der Waals surface area contributed by atoms with Crippen molar-refractivity contribution in [1.29, 1.82) is 0 Å². The van der Waals surface area contributed by atoms with E-state index in [1.165, 1.54) is 32.1 Å². The van der Waals surface area contributed by atoms with E-state index in [0.29, 0.717) is 6.42 Å². The molecule has 1 atom stereocenters. The van der Waals surface area contributed by atoms with E-state index in [1.807, 2.05) is 30.3 Å². The van der Waals surface area contributed by atoms with Crippen molar-refractivity contribution in [3.05, 3.63) is 35.9 Å². The molecule has 3 N–H and O–H groups in total. The zero-order chi connectivity index (χ0) is 14.2. The molecule has 0 saturated heterocycles. The molecule has 0 bridgehead atoms. The summed E-state index contributed by atoms with van der Waals surface area (Å²) in [5, 5.41) is 2.96. The molecule has 1 aliphatic carbocycles. The molecule has 1 amide bonds. The quantitative estimate of drug-likeness (QED) is 0.751. The number of amides is 1. The monoisotopic (exact) mass is 274 g/mol. The smallest absolute Gasteiger partial charge is 0.237 e. The van der Waals surface area contributed by atoms with Gasteiger partial charge >= 0.3 is 0 Å². The summed E-state index contributed by atoms with van der Waals surface area (Å²) < 4.78 is 0. The van der Waals surface area contributed by atoms with Crippen molar-refractivity contribution in [2.45, 2.75) is 51.0 Å². The summed E-state index contributed by atoms with van der Waals surface area (Å²) in [5.74, 6) is 0.866. The first kappa shape index (κ1) is 15.0. The van der Waals surface area contributed by atoms with Crippen molar-refractivity contribution in [2.75, 3.05) is 6.54 Å². The third-order valence-corrected chi connectivity index (χ3v) is 4.20. The van der Waals surface area contributed by atoms with Crippen molar-refractivity contribution >= 4 is 5.91 Å². The Morgan fingerprint density at radius 3 is 2.65 bits per heavy atom. The van der Waals surface area contributed by atoms with Crippen molar-refractivity contribution in [1.82, 2.24) is 5.32 Å². The van der Waals surface area contributed by atoms with Gasteiger partial charge < -0.3 is 11.1 Å². The molecule has 0 aromatic heterocycles. The lowest BCUT2D eigenvalue weighted by Crippen LogP contribution is -2.42. The molecule has 0 radical (unpaired) electrons. The zero-order valence-corrected chi connectivity index (χ0v) is 12.2. The Balaban J connectivity index is 1.61. The minimum Gasteiger partial charge on any atom is -0.355 e. The maximum absolute atomic E-state index is 11.9. The van der Waals surface area contributed by atoms with E-state index in [-0.39, 0.29) is 5.91 Å². The highest BCUT2D eigenvalue weighted by atomic mass is 16.2. The van der Waals surface area contributed by atoms with Gasteiger partial charge in [-0.1, -0.05) is 56.0 Å². The van der Waals surface area contributed by atoms with Gasteiger partial charge in [-0.2, -0.15) is 0 Å². The van der Waals surface area contributed by atoms with Gasteiger partial charge in [0.2, 0.25) is 5.91 Å². The summed E-state index contributed by atoms with van der Waals surface area (Å²) in [6.07, 6.45) is 8.46. The van der Waals surface area contributed by atoms with E-state index in [9.17, 15) is 4.79 Å². The largest absolute Gasteiger partial charge is 0.355 e. The number of carbonyl (C=O) groups is 1. The summed E-state index contributed by atoms with van der Waals surface area (Å²) in [4.78, 5) is 11.9. The highest BCUT2D eigenvalue weighted by molar-refractivity contribution is 5.81. The van der Waals surface area contributed by atoms with Crippen LogP contribution >= 0.6 is 0 Å². The summed E-state index contributed by atoms with van der Waals surface area (Å²) in [5.41, 5.74) is 7.05. The fraction of sp³-hybridized carbons (Fsp3) is 0.588. The first-order valence-corrected chi connectivity index (χ1v) is 7.83. The molecule has 0 heterocycles. The van der Waals surface area contributed by atoms with Crippen LogP contribution in [0.1, 0.15) is 44.1 Å². The lowest BCUT2D eigenvalue weighted by atomic mass is 10.0. The van der Waals surface area contributed by atoms with E-state index in [2.05, 4.69) is 5.32 Å². The normalized spacial score (nSPS) is 17.1. The van der Waals surface area contributed by atoms with Crippen LogP contribution in [0.2, 0.25) is 0 Å². The second kappa shape index (κ2) is 8.05. The van der Waals surface area contributed by atoms with Gasteiger partial charge in [0, 0.05) is 6.54 Å². The third-order valence-electron chi connectivity index (χ3n) is 4.20. The zero-order valence-electron chi connectivity index (χ0n) is 12.2. The molecule has 1 aromatic carbocycles. The Bertz CT molecular complexity index is 399. The highest BCUT2D eigenvalue weighted by Gasteiger charge is 2.16. The number of nitrogens with two attached hydrogens (primary N) is 1. The van der Waals surface area contributed by atoms with Crippen molar-refractivity contribution in [2.24, 2.45) is 11.7 Å². The number of rotatable bonds is 7. The van der Waals surface area contributed by atoms with Gasteiger partial charge in [-0.15, -0.1) is 0 Å². The van der Waals surface area contributed by atoms with Gasteiger partial charge in [0.05, 0.1) is 6.04 Å². The molecule has 3 heteroatoms. The molecular formula is C17H26N2O. The fourth-order valence-electron chi connectivity index (χ4n) is 2.99. The van der Waals surface area contributed by atoms with Crippen LogP contribution in [0.3, 0.4) is 0 Å². The van der Waals surface area contributed by atoms with Crippen LogP contribution in [0.4, 0.5) is 0 Å².